The minimum atomic E-state index is -0.328. The fourth-order valence-corrected chi connectivity index (χ4v) is 3.28. The number of hydrogen-bond acceptors (Lipinski definition) is 2. The molecule has 2 N–H and O–H groups in total. The lowest BCUT2D eigenvalue weighted by atomic mass is 9.86. The van der Waals surface area contributed by atoms with E-state index >= 15 is 0 Å². The third kappa shape index (κ3) is 2.32. The summed E-state index contributed by atoms with van der Waals surface area (Å²) in [6.45, 7) is 8.04. The second kappa shape index (κ2) is 5.59. The summed E-state index contributed by atoms with van der Waals surface area (Å²) in [6.07, 6.45) is 5.22. The van der Waals surface area contributed by atoms with Crippen molar-refractivity contribution in [1.82, 2.24) is 14.4 Å². The van der Waals surface area contributed by atoms with Gasteiger partial charge in [-0.1, -0.05) is 38.1 Å². The maximum atomic E-state index is 12.8. The monoisotopic (exact) mass is 345 g/mol. The Morgan fingerprint density at radius 2 is 1.85 bits per heavy atom. The van der Waals surface area contributed by atoms with Crippen molar-refractivity contribution in [1.29, 1.82) is 0 Å². The minimum Gasteiger partial charge on any atom is -0.357 e. The third-order valence-electron chi connectivity index (χ3n) is 4.87. The van der Waals surface area contributed by atoms with E-state index in [-0.39, 0.29) is 21.9 Å². The number of nitrogens with one attached hydrogen (secondary N) is 2. The average molecular weight is 345 g/mol. The Kier molecular flexibility index (Phi) is 3.47. The predicted molar refractivity (Wildman–Crippen MR) is 105 cm³/mol. The quantitative estimate of drug-likeness (QED) is 0.560. The van der Waals surface area contributed by atoms with E-state index in [1.807, 2.05) is 30.3 Å². The van der Waals surface area contributed by atoms with Crippen LogP contribution in [0.3, 0.4) is 0 Å². The fourth-order valence-electron chi connectivity index (χ4n) is 3.28. The van der Waals surface area contributed by atoms with Crippen LogP contribution in [-0.4, -0.2) is 14.4 Å². The maximum absolute atomic E-state index is 12.8. The smallest absolute Gasteiger partial charge is 0.279 e. The largest absolute Gasteiger partial charge is 0.357 e. The SMILES string of the molecule is C=CC(C)(C)c1[nH]c2ccccc2c1C=c1[nH]c(=O)c2cccn2c1=O. The summed E-state index contributed by atoms with van der Waals surface area (Å²) < 4.78 is 1.37. The maximum Gasteiger partial charge on any atom is 0.279 e. The van der Waals surface area contributed by atoms with E-state index in [0.29, 0.717) is 5.52 Å². The van der Waals surface area contributed by atoms with Crippen LogP contribution in [0.15, 0.2) is 64.8 Å². The standard InChI is InChI=1S/C21H19N3O2/c1-4-21(2,3)18-14(13-8-5-6-9-15(13)22-18)12-16-20(26)24-11-7-10-17(24)19(25)23-16/h4-12,22H,1H2,2-3H3,(H,23,25). The zero-order valence-electron chi connectivity index (χ0n) is 14.7. The molecule has 0 bridgehead atoms. The van der Waals surface area contributed by atoms with Gasteiger partial charge in [0, 0.05) is 33.8 Å². The molecule has 4 rings (SSSR count). The van der Waals surface area contributed by atoms with Crippen LogP contribution in [0.2, 0.25) is 0 Å². The topological polar surface area (TPSA) is 70.1 Å². The Balaban J connectivity index is 2.13. The van der Waals surface area contributed by atoms with Crippen molar-refractivity contribution in [3.63, 3.8) is 0 Å². The Morgan fingerprint density at radius 3 is 2.62 bits per heavy atom. The number of para-hydroxylation sites is 1. The molecule has 1 aromatic carbocycles. The number of fused-ring (bicyclic) bond motifs is 2. The Morgan fingerprint density at radius 1 is 1.08 bits per heavy atom. The molecule has 0 fully saturated rings. The first-order chi connectivity index (χ1) is 12.4. The van der Waals surface area contributed by atoms with Gasteiger partial charge in [0.05, 0.1) is 0 Å². The summed E-state index contributed by atoms with van der Waals surface area (Å²) in [6, 6.07) is 11.2. The summed E-state index contributed by atoms with van der Waals surface area (Å²) in [5, 5.41) is 1.25. The summed E-state index contributed by atoms with van der Waals surface area (Å²) in [5.74, 6) is 0. The van der Waals surface area contributed by atoms with Gasteiger partial charge in [-0.15, -0.1) is 6.58 Å². The van der Waals surface area contributed by atoms with Crippen LogP contribution in [0.25, 0.3) is 22.5 Å². The lowest BCUT2D eigenvalue weighted by Crippen LogP contribution is -2.39. The van der Waals surface area contributed by atoms with E-state index in [1.54, 1.807) is 24.4 Å². The molecule has 0 spiro atoms. The molecule has 4 aromatic rings. The van der Waals surface area contributed by atoms with Gasteiger partial charge in [-0.3, -0.25) is 14.0 Å². The van der Waals surface area contributed by atoms with Gasteiger partial charge in [0.1, 0.15) is 10.9 Å². The minimum absolute atomic E-state index is 0.253. The highest BCUT2D eigenvalue weighted by atomic mass is 16.1. The van der Waals surface area contributed by atoms with Gasteiger partial charge >= 0.3 is 0 Å². The van der Waals surface area contributed by atoms with Gasteiger partial charge in [0.25, 0.3) is 11.1 Å². The Labute approximate surface area is 149 Å². The van der Waals surface area contributed by atoms with Crippen LogP contribution >= 0.6 is 0 Å². The molecule has 0 amide bonds. The highest BCUT2D eigenvalue weighted by Crippen LogP contribution is 2.32. The van der Waals surface area contributed by atoms with Crippen LogP contribution in [0.1, 0.15) is 25.1 Å². The molecule has 26 heavy (non-hydrogen) atoms. The molecule has 0 saturated heterocycles. The highest BCUT2D eigenvalue weighted by Gasteiger charge is 2.23. The molecule has 0 radical (unpaired) electrons. The summed E-state index contributed by atoms with van der Waals surface area (Å²) in [7, 11) is 0. The van der Waals surface area contributed by atoms with Crippen LogP contribution in [0, 0.1) is 0 Å². The third-order valence-corrected chi connectivity index (χ3v) is 4.87. The molecule has 5 heteroatoms. The van der Waals surface area contributed by atoms with Gasteiger partial charge in [0.2, 0.25) is 0 Å². The lowest BCUT2D eigenvalue weighted by Gasteiger charge is -2.19. The van der Waals surface area contributed by atoms with E-state index < -0.39 is 0 Å². The zero-order valence-corrected chi connectivity index (χ0v) is 14.7. The van der Waals surface area contributed by atoms with Crippen molar-refractivity contribution >= 4 is 22.5 Å². The van der Waals surface area contributed by atoms with Crippen LogP contribution in [0.4, 0.5) is 0 Å². The van der Waals surface area contributed by atoms with Gasteiger partial charge < -0.3 is 9.97 Å². The predicted octanol–water partition coefficient (Wildman–Crippen LogP) is 2.48. The molecule has 5 nitrogen and oxygen atoms in total. The molecule has 0 saturated carbocycles. The van der Waals surface area contributed by atoms with Crippen molar-refractivity contribution in [3.05, 3.63) is 92.6 Å². The number of aromatic amines is 2. The van der Waals surface area contributed by atoms with E-state index in [0.717, 1.165) is 22.2 Å². The van der Waals surface area contributed by atoms with Crippen molar-refractivity contribution in [2.45, 2.75) is 19.3 Å². The van der Waals surface area contributed by atoms with Crippen LogP contribution in [0.5, 0.6) is 0 Å². The second-order valence-corrected chi connectivity index (χ2v) is 6.97. The van der Waals surface area contributed by atoms with Gasteiger partial charge in [0.15, 0.2) is 0 Å². The lowest BCUT2D eigenvalue weighted by molar-refractivity contribution is 0.651. The average Bonchev–Trinajstić information content (AvgIpc) is 3.25. The molecule has 0 aliphatic rings. The van der Waals surface area contributed by atoms with Gasteiger partial charge in [-0.25, -0.2) is 0 Å². The number of nitrogens with zero attached hydrogens (tertiary/aromatic N) is 1. The summed E-state index contributed by atoms with van der Waals surface area (Å²) in [4.78, 5) is 31.2. The van der Waals surface area contributed by atoms with Crippen molar-refractivity contribution in [3.8, 4) is 0 Å². The van der Waals surface area contributed by atoms with E-state index in [2.05, 4.69) is 30.4 Å². The zero-order chi connectivity index (χ0) is 18.5. The highest BCUT2D eigenvalue weighted by molar-refractivity contribution is 5.91. The Hall–Kier alpha value is -3.34. The van der Waals surface area contributed by atoms with Crippen molar-refractivity contribution < 1.29 is 0 Å². The normalized spacial score (nSPS) is 12.9. The number of H-pyrrole nitrogens is 2. The molecular formula is C21H19N3O2. The Bertz CT molecular complexity index is 1320. The number of benzene rings is 1. The summed E-state index contributed by atoms with van der Waals surface area (Å²) >= 11 is 0. The van der Waals surface area contributed by atoms with Crippen LogP contribution in [-0.2, 0) is 5.41 Å². The number of rotatable bonds is 3. The second-order valence-electron chi connectivity index (χ2n) is 6.97. The van der Waals surface area contributed by atoms with Crippen molar-refractivity contribution in [2.75, 3.05) is 0 Å². The first-order valence-electron chi connectivity index (χ1n) is 8.42. The van der Waals surface area contributed by atoms with Crippen molar-refractivity contribution in [2.24, 2.45) is 0 Å². The molecule has 3 aromatic heterocycles. The van der Waals surface area contributed by atoms with Crippen LogP contribution < -0.4 is 16.5 Å². The number of allylic oxidation sites excluding steroid dienone is 1. The summed E-state index contributed by atoms with van der Waals surface area (Å²) in [5.41, 5.74) is 2.28. The fraction of sp³-hybridized carbons (Fsp3) is 0.143. The number of hydrogen-bond donors (Lipinski definition) is 2. The first kappa shape index (κ1) is 16.1. The van der Waals surface area contributed by atoms with E-state index in [9.17, 15) is 9.59 Å². The molecule has 0 aliphatic heterocycles. The number of aromatic nitrogens is 3. The molecule has 130 valence electrons. The molecule has 3 heterocycles. The van der Waals surface area contributed by atoms with Gasteiger partial charge in [-0.2, -0.15) is 0 Å². The molecule has 0 unspecified atom stereocenters. The molecule has 0 aliphatic carbocycles. The molecular weight excluding hydrogens is 326 g/mol. The van der Waals surface area contributed by atoms with E-state index in [1.165, 1.54) is 4.40 Å². The van der Waals surface area contributed by atoms with Gasteiger partial charge in [-0.05, 0) is 24.3 Å². The van der Waals surface area contributed by atoms with E-state index in [4.69, 9.17) is 0 Å². The first-order valence-corrected chi connectivity index (χ1v) is 8.42. The molecule has 0 atom stereocenters.